The van der Waals surface area contributed by atoms with Crippen LogP contribution in [0.15, 0.2) is 41.4 Å². The first-order valence-corrected chi connectivity index (χ1v) is 7.74. The SMILES string of the molecule is O=C1CN(C(=O)CSc2ccc3ccccc3n2)CCN1. The first-order chi connectivity index (χ1) is 10.2. The van der Waals surface area contributed by atoms with E-state index in [1.54, 1.807) is 4.90 Å². The van der Waals surface area contributed by atoms with Crippen LogP contribution in [0.2, 0.25) is 0 Å². The lowest BCUT2D eigenvalue weighted by Crippen LogP contribution is -2.50. The Kier molecular flexibility index (Phi) is 4.06. The highest BCUT2D eigenvalue weighted by Crippen LogP contribution is 2.20. The molecule has 1 N–H and O–H groups in total. The Hall–Kier alpha value is -2.08. The number of thioether (sulfide) groups is 1. The van der Waals surface area contributed by atoms with Gasteiger partial charge in [0.05, 0.1) is 22.8 Å². The van der Waals surface area contributed by atoms with E-state index in [-0.39, 0.29) is 18.4 Å². The van der Waals surface area contributed by atoms with Crippen molar-refractivity contribution in [3.63, 3.8) is 0 Å². The molecule has 1 aliphatic rings. The molecule has 3 rings (SSSR count). The molecular formula is C15H15N3O2S. The van der Waals surface area contributed by atoms with Crippen LogP contribution in [-0.4, -0.2) is 47.1 Å². The summed E-state index contributed by atoms with van der Waals surface area (Å²) in [5.74, 6) is 0.187. The van der Waals surface area contributed by atoms with E-state index in [9.17, 15) is 9.59 Å². The maximum atomic E-state index is 12.1. The molecular weight excluding hydrogens is 286 g/mol. The molecule has 0 unspecified atom stereocenters. The number of hydrogen-bond donors (Lipinski definition) is 1. The fraction of sp³-hybridized carbons (Fsp3) is 0.267. The lowest BCUT2D eigenvalue weighted by atomic mass is 10.2. The second-order valence-corrected chi connectivity index (χ2v) is 5.79. The highest BCUT2D eigenvalue weighted by atomic mass is 32.2. The molecule has 2 aromatic rings. The molecule has 1 saturated heterocycles. The topological polar surface area (TPSA) is 62.3 Å². The lowest BCUT2D eigenvalue weighted by Gasteiger charge is -2.26. The second-order valence-electron chi connectivity index (χ2n) is 4.80. The Morgan fingerprint density at radius 2 is 2.14 bits per heavy atom. The number of benzene rings is 1. The van der Waals surface area contributed by atoms with Gasteiger partial charge < -0.3 is 10.2 Å². The predicted molar refractivity (Wildman–Crippen MR) is 82.1 cm³/mol. The third-order valence-corrected chi connectivity index (χ3v) is 4.22. The number of fused-ring (bicyclic) bond motifs is 1. The van der Waals surface area contributed by atoms with Crippen LogP contribution in [0.1, 0.15) is 0 Å². The number of rotatable bonds is 3. The average Bonchev–Trinajstić information content (AvgIpc) is 2.52. The summed E-state index contributed by atoms with van der Waals surface area (Å²) in [5.41, 5.74) is 0.923. The highest BCUT2D eigenvalue weighted by Gasteiger charge is 2.20. The zero-order valence-corrected chi connectivity index (χ0v) is 12.2. The van der Waals surface area contributed by atoms with Gasteiger partial charge in [0.25, 0.3) is 0 Å². The number of para-hydroxylation sites is 1. The van der Waals surface area contributed by atoms with Gasteiger partial charge in [0, 0.05) is 18.5 Å². The summed E-state index contributed by atoms with van der Waals surface area (Å²) < 4.78 is 0. The van der Waals surface area contributed by atoms with E-state index in [2.05, 4.69) is 10.3 Å². The molecule has 21 heavy (non-hydrogen) atoms. The van der Waals surface area contributed by atoms with Gasteiger partial charge in [-0.1, -0.05) is 36.0 Å². The molecule has 0 bridgehead atoms. The van der Waals surface area contributed by atoms with Crippen LogP contribution < -0.4 is 5.32 Å². The van der Waals surface area contributed by atoms with Crippen molar-refractivity contribution >= 4 is 34.5 Å². The van der Waals surface area contributed by atoms with E-state index in [1.807, 2.05) is 36.4 Å². The molecule has 2 amide bonds. The van der Waals surface area contributed by atoms with Gasteiger partial charge in [-0.15, -0.1) is 0 Å². The summed E-state index contributed by atoms with van der Waals surface area (Å²) in [5, 5.41) is 4.62. The van der Waals surface area contributed by atoms with E-state index in [1.165, 1.54) is 11.8 Å². The van der Waals surface area contributed by atoms with Crippen LogP contribution in [0.3, 0.4) is 0 Å². The third kappa shape index (κ3) is 3.33. The van der Waals surface area contributed by atoms with Gasteiger partial charge in [0.15, 0.2) is 0 Å². The molecule has 1 fully saturated rings. The van der Waals surface area contributed by atoms with Crippen molar-refractivity contribution in [2.45, 2.75) is 5.03 Å². The first-order valence-electron chi connectivity index (χ1n) is 6.75. The lowest BCUT2D eigenvalue weighted by molar-refractivity contribution is -0.136. The van der Waals surface area contributed by atoms with Crippen molar-refractivity contribution in [1.29, 1.82) is 0 Å². The van der Waals surface area contributed by atoms with E-state index < -0.39 is 0 Å². The third-order valence-electron chi connectivity index (χ3n) is 3.31. The van der Waals surface area contributed by atoms with Gasteiger partial charge in [-0.2, -0.15) is 0 Å². The number of amides is 2. The van der Waals surface area contributed by atoms with Crippen molar-refractivity contribution < 1.29 is 9.59 Å². The van der Waals surface area contributed by atoms with Gasteiger partial charge in [-0.05, 0) is 12.1 Å². The minimum atomic E-state index is -0.0940. The largest absolute Gasteiger partial charge is 0.353 e. The van der Waals surface area contributed by atoms with Crippen LogP contribution >= 0.6 is 11.8 Å². The fourth-order valence-corrected chi connectivity index (χ4v) is 2.99. The molecule has 6 heteroatoms. The van der Waals surface area contributed by atoms with E-state index >= 15 is 0 Å². The van der Waals surface area contributed by atoms with Crippen molar-refractivity contribution in [2.24, 2.45) is 0 Å². The summed E-state index contributed by atoms with van der Waals surface area (Å²) in [6, 6.07) is 11.8. The molecule has 108 valence electrons. The molecule has 1 aromatic carbocycles. The van der Waals surface area contributed by atoms with Gasteiger partial charge in [-0.25, -0.2) is 4.98 Å². The summed E-state index contributed by atoms with van der Waals surface area (Å²) >= 11 is 1.40. The quantitative estimate of drug-likeness (QED) is 0.868. The maximum Gasteiger partial charge on any atom is 0.239 e. The van der Waals surface area contributed by atoms with E-state index in [0.29, 0.717) is 18.8 Å². The number of pyridine rings is 1. The molecule has 0 spiro atoms. The number of nitrogens with zero attached hydrogens (tertiary/aromatic N) is 2. The van der Waals surface area contributed by atoms with Gasteiger partial charge in [-0.3, -0.25) is 9.59 Å². The van der Waals surface area contributed by atoms with Crippen molar-refractivity contribution in [3.8, 4) is 0 Å². The van der Waals surface area contributed by atoms with Crippen LogP contribution in [0, 0.1) is 0 Å². The summed E-state index contributed by atoms with van der Waals surface area (Å²) in [6.07, 6.45) is 0. The predicted octanol–water partition coefficient (Wildman–Crippen LogP) is 1.29. The first kappa shape index (κ1) is 13.9. The Balaban J connectivity index is 1.63. The molecule has 5 nitrogen and oxygen atoms in total. The highest BCUT2D eigenvalue weighted by molar-refractivity contribution is 7.99. The van der Waals surface area contributed by atoms with Crippen molar-refractivity contribution in [1.82, 2.24) is 15.2 Å². The summed E-state index contributed by atoms with van der Waals surface area (Å²) in [4.78, 5) is 29.5. The minimum absolute atomic E-state index is 0.0233. The Bertz CT molecular complexity index is 689. The number of carbonyl (C=O) groups is 2. The number of nitrogens with one attached hydrogen (secondary N) is 1. The Morgan fingerprint density at radius 3 is 3.00 bits per heavy atom. The van der Waals surface area contributed by atoms with Crippen molar-refractivity contribution in [3.05, 3.63) is 36.4 Å². The monoisotopic (exact) mass is 301 g/mol. The maximum absolute atomic E-state index is 12.1. The second kappa shape index (κ2) is 6.13. The van der Waals surface area contributed by atoms with Crippen molar-refractivity contribution in [2.75, 3.05) is 25.4 Å². The summed E-state index contributed by atoms with van der Waals surface area (Å²) in [7, 11) is 0. The number of aromatic nitrogens is 1. The van der Waals surface area contributed by atoms with Gasteiger partial charge in [0.1, 0.15) is 0 Å². The molecule has 0 aliphatic carbocycles. The Morgan fingerprint density at radius 1 is 1.29 bits per heavy atom. The molecule has 0 saturated carbocycles. The zero-order valence-electron chi connectivity index (χ0n) is 11.4. The minimum Gasteiger partial charge on any atom is -0.353 e. The molecule has 0 radical (unpaired) electrons. The number of piperazine rings is 1. The Labute approximate surface area is 126 Å². The average molecular weight is 301 g/mol. The molecule has 2 heterocycles. The fourth-order valence-electron chi connectivity index (χ4n) is 2.21. The van der Waals surface area contributed by atoms with Gasteiger partial charge >= 0.3 is 0 Å². The van der Waals surface area contributed by atoms with Crippen LogP contribution in [0.4, 0.5) is 0 Å². The van der Waals surface area contributed by atoms with Gasteiger partial charge in [0.2, 0.25) is 11.8 Å². The summed E-state index contributed by atoms with van der Waals surface area (Å²) in [6.45, 7) is 1.27. The van der Waals surface area contributed by atoms with E-state index in [0.717, 1.165) is 15.9 Å². The smallest absolute Gasteiger partial charge is 0.239 e. The normalized spacial score (nSPS) is 15.0. The number of hydrogen-bond acceptors (Lipinski definition) is 4. The molecule has 1 aliphatic heterocycles. The van der Waals surface area contributed by atoms with Crippen LogP contribution in [-0.2, 0) is 9.59 Å². The zero-order chi connectivity index (χ0) is 14.7. The molecule has 0 atom stereocenters. The van der Waals surface area contributed by atoms with E-state index in [4.69, 9.17) is 0 Å². The number of carbonyl (C=O) groups excluding carboxylic acids is 2. The van der Waals surface area contributed by atoms with Crippen LogP contribution in [0.25, 0.3) is 10.9 Å². The standard InChI is InChI=1S/C15H15N3O2S/c19-13-9-18(8-7-16-13)15(20)10-21-14-6-5-11-3-1-2-4-12(11)17-14/h1-6H,7-10H2,(H,16,19). The van der Waals surface area contributed by atoms with Crippen LogP contribution in [0.5, 0.6) is 0 Å². The molecule has 1 aromatic heterocycles.